The van der Waals surface area contributed by atoms with Crippen LogP contribution in [0.5, 0.6) is 0 Å². The van der Waals surface area contributed by atoms with Crippen LogP contribution in [0.1, 0.15) is 64.4 Å². The second-order valence-corrected chi connectivity index (χ2v) is 9.43. The van der Waals surface area contributed by atoms with E-state index in [0.717, 1.165) is 28.9 Å². The molecule has 0 saturated heterocycles. The van der Waals surface area contributed by atoms with Crippen LogP contribution in [-0.2, 0) is 31.1 Å². The second-order valence-electron chi connectivity index (χ2n) is 8.35. The van der Waals surface area contributed by atoms with Gasteiger partial charge in [0.05, 0.1) is 15.6 Å². The Bertz CT molecular complexity index is 1210. The Morgan fingerprint density at radius 1 is 1.21 bits per heavy atom. The Kier molecular flexibility index (Phi) is 7.52. The normalized spacial score (nSPS) is 14.7. The first kappa shape index (κ1) is 23.8. The van der Waals surface area contributed by atoms with Crippen molar-refractivity contribution in [3.63, 3.8) is 0 Å². The van der Waals surface area contributed by atoms with E-state index >= 15 is 0 Å². The smallest absolute Gasteiger partial charge is 0.204 e. The Hall–Kier alpha value is -3.33. The number of anilines is 1. The molecule has 0 aliphatic heterocycles. The fraction of sp³-hybridized carbons (Fsp3) is 0.400. The molecule has 34 heavy (non-hydrogen) atoms. The molecule has 0 unspecified atom stereocenters. The van der Waals surface area contributed by atoms with Gasteiger partial charge in [0.15, 0.2) is 0 Å². The number of nitrogens with one attached hydrogen (secondary N) is 1. The van der Waals surface area contributed by atoms with Gasteiger partial charge in [0, 0.05) is 62.6 Å². The van der Waals surface area contributed by atoms with E-state index in [1.54, 1.807) is 24.5 Å². The van der Waals surface area contributed by atoms with Crippen LogP contribution in [-0.4, -0.2) is 42.7 Å². The SMILES string of the molecule is CCNc1ccc(C(O)=C2CCc3nc(CCCC(=O)CCc4nccn4C)sc3C2=O)cn1. The van der Waals surface area contributed by atoms with Gasteiger partial charge in [0.1, 0.15) is 23.2 Å². The predicted octanol–water partition coefficient (Wildman–Crippen LogP) is 4.33. The van der Waals surface area contributed by atoms with Crippen molar-refractivity contribution in [2.45, 2.75) is 51.9 Å². The zero-order chi connectivity index (χ0) is 24.1. The minimum absolute atomic E-state index is 0.0144. The van der Waals surface area contributed by atoms with Crippen LogP contribution in [0, 0.1) is 0 Å². The number of pyridine rings is 1. The number of ketones is 2. The first-order chi connectivity index (χ1) is 16.5. The van der Waals surface area contributed by atoms with E-state index in [1.165, 1.54) is 11.3 Å². The Morgan fingerprint density at radius 3 is 2.76 bits per heavy atom. The van der Waals surface area contributed by atoms with Gasteiger partial charge >= 0.3 is 0 Å². The summed E-state index contributed by atoms with van der Waals surface area (Å²) >= 11 is 1.38. The summed E-state index contributed by atoms with van der Waals surface area (Å²) in [5.41, 5.74) is 1.73. The maximum absolute atomic E-state index is 13.1. The molecule has 3 heterocycles. The number of hydrogen-bond acceptors (Lipinski definition) is 8. The third kappa shape index (κ3) is 5.41. The number of aromatic nitrogens is 4. The minimum atomic E-state index is -0.163. The van der Waals surface area contributed by atoms with Crippen LogP contribution in [0.2, 0.25) is 0 Å². The minimum Gasteiger partial charge on any atom is -0.507 e. The number of thiazole rings is 1. The molecule has 0 spiro atoms. The standard InChI is InChI=1S/C25H29N5O3S/c1-3-26-20-11-7-16(15-28-20)23(32)18-9-10-19-25(24(18)33)34-22(29-19)6-4-5-17(31)8-12-21-27-13-14-30(21)2/h7,11,13-15,32H,3-6,8-10,12H2,1-2H3,(H,26,28). The number of fused-ring (bicyclic) bond motifs is 1. The highest BCUT2D eigenvalue weighted by Gasteiger charge is 2.29. The lowest BCUT2D eigenvalue weighted by Gasteiger charge is -2.14. The average Bonchev–Trinajstić information content (AvgIpc) is 3.44. The summed E-state index contributed by atoms with van der Waals surface area (Å²) < 4.78 is 1.93. The topological polar surface area (TPSA) is 110 Å². The van der Waals surface area contributed by atoms with Crippen LogP contribution in [0.3, 0.4) is 0 Å². The molecule has 1 aliphatic rings. The van der Waals surface area contributed by atoms with Crippen molar-refractivity contribution in [1.82, 2.24) is 19.5 Å². The van der Waals surface area contributed by atoms with Gasteiger partial charge < -0.3 is 15.0 Å². The van der Waals surface area contributed by atoms with E-state index in [9.17, 15) is 14.7 Å². The molecule has 4 rings (SSSR count). The largest absolute Gasteiger partial charge is 0.507 e. The van der Waals surface area contributed by atoms with Gasteiger partial charge in [-0.25, -0.2) is 15.0 Å². The quantitative estimate of drug-likeness (QED) is 0.329. The van der Waals surface area contributed by atoms with E-state index in [2.05, 4.69) is 20.3 Å². The maximum Gasteiger partial charge on any atom is 0.204 e. The van der Waals surface area contributed by atoms with Crippen LogP contribution in [0.25, 0.3) is 5.76 Å². The Balaban J connectivity index is 1.35. The molecule has 178 valence electrons. The maximum atomic E-state index is 13.1. The molecule has 3 aromatic rings. The highest BCUT2D eigenvalue weighted by Crippen LogP contribution is 2.33. The van der Waals surface area contributed by atoms with Crippen molar-refractivity contribution in [3.8, 4) is 0 Å². The second kappa shape index (κ2) is 10.7. The summed E-state index contributed by atoms with van der Waals surface area (Å²) in [7, 11) is 1.93. The highest BCUT2D eigenvalue weighted by atomic mass is 32.1. The van der Waals surface area contributed by atoms with E-state index in [4.69, 9.17) is 0 Å². The van der Waals surface area contributed by atoms with Crippen LogP contribution in [0.4, 0.5) is 5.82 Å². The number of carbonyl (C=O) groups excluding carboxylic acids is 2. The molecular formula is C25H29N5O3S. The number of hydrogen-bond donors (Lipinski definition) is 2. The summed E-state index contributed by atoms with van der Waals surface area (Å²) in [4.78, 5) is 39.1. The molecule has 0 amide bonds. The number of imidazole rings is 1. The summed E-state index contributed by atoms with van der Waals surface area (Å²) in [5, 5.41) is 14.7. The van der Waals surface area contributed by atoms with Gasteiger partial charge in [-0.15, -0.1) is 11.3 Å². The van der Waals surface area contributed by atoms with Gasteiger partial charge in [-0.3, -0.25) is 9.59 Å². The number of allylic oxidation sites excluding steroid dienone is 1. The van der Waals surface area contributed by atoms with E-state index in [1.807, 2.05) is 24.7 Å². The van der Waals surface area contributed by atoms with Gasteiger partial charge in [-0.2, -0.15) is 0 Å². The van der Waals surface area contributed by atoms with Gasteiger partial charge in [-0.05, 0) is 44.7 Å². The Labute approximate surface area is 202 Å². The molecule has 0 bridgehead atoms. The third-order valence-corrected chi connectivity index (χ3v) is 7.07. The highest BCUT2D eigenvalue weighted by molar-refractivity contribution is 7.14. The van der Waals surface area contributed by atoms with Crippen molar-refractivity contribution in [2.75, 3.05) is 11.9 Å². The summed E-state index contributed by atoms with van der Waals surface area (Å²) in [6, 6.07) is 3.55. The number of rotatable bonds is 10. The molecule has 1 aliphatic carbocycles. The first-order valence-electron chi connectivity index (χ1n) is 11.6. The third-order valence-electron chi connectivity index (χ3n) is 5.91. The van der Waals surface area contributed by atoms with Crippen LogP contribution in [0.15, 0.2) is 36.3 Å². The molecule has 0 saturated carbocycles. The lowest BCUT2D eigenvalue weighted by atomic mass is 9.93. The van der Waals surface area contributed by atoms with Crippen molar-refractivity contribution >= 4 is 34.5 Å². The van der Waals surface area contributed by atoms with Crippen molar-refractivity contribution in [1.29, 1.82) is 0 Å². The molecule has 3 aromatic heterocycles. The zero-order valence-electron chi connectivity index (χ0n) is 19.5. The number of aryl methyl sites for hydroxylation is 4. The summed E-state index contributed by atoms with van der Waals surface area (Å²) in [6.45, 7) is 2.74. The lowest BCUT2D eigenvalue weighted by molar-refractivity contribution is -0.119. The molecule has 0 aromatic carbocycles. The van der Waals surface area contributed by atoms with E-state index < -0.39 is 0 Å². The molecule has 0 fully saturated rings. The number of carbonyl (C=O) groups is 2. The number of nitrogens with zero attached hydrogens (tertiary/aromatic N) is 4. The van der Waals surface area contributed by atoms with Crippen LogP contribution < -0.4 is 5.32 Å². The molecule has 2 N–H and O–H groups in total. The van der Waals surface area contributed by atoms with Crippen molar-refractivity contribution in [3.05, 3.63) is 63.3 Å². The molecule has 0 atom stereocenters. The fourth-order valence-electron chi connectivity index (χ4n) is 4.02. The van der Waals surface area contributed by atoms with Crippen molar-refractivity contribution in [2.24, 2.45) is 7.05 Å². The summed E-state index contributed by atoms with van der Waals surface area (Å²) in [6.07, 6.45) is 9.24. The predicted molar refractivity (Wildman–Crippen MR) is 132 cm³/mol. The average molecular weight is 480 g/mol. The zero-order valence-corrected chi connectivity index (χ0v) is 20.3. The van der Waals surface area contributed by atoms with Crippen LogP contribution >= 0.6 is 11.3 Å². The van der Waals surface area contributed by atoms with E-state index in [-0.39, 0.29) is 17.3 Å². The first-order valence-corrected chi connectivity index (χ1v) is 12.4. The fourth-order valence-corrected chi connectivity index (χ4v) is 5.14. The van der Waals surface area contributed by atoms with E-state index in [0.29, 0.717) is 61.0 Å². The molecular weight excluding hydrogens is 450 g/mol. The molecule has 9 heteroatoms. The monoisotopic (exact) mass is 479 g/mol. The number of aliphatic hydroxyl groups is 1. The number of Topliss-reactive ketones (excluding diaryl/α,β-unsaturated/α-hetero) is 2. The van der Waals surface area contributed by atoms with Gasteiger partial charge in [0.25, 0.3) is 0 Å². The summed E-state index contributed by atoms with van der Waals surface area (Å²) in [5.74, 6) is 1.67. The van der Waals surface area contributed by atoms with Gasteiger partial charge in [0.2, 0.25) is 5.78 Å². The lowest BCUT2D eigenvalue weighted by Crippen LogP contribution is -2.14. The van der Waals surface area contributed by atoms with Gasteiger partial charge in [-0.1, -0.05) is 0 Å². The van der Waals surface area contributed by atoms with Crippen molar-refractivity contribution < 1.29 is 14.7 Å². The Morgan fingerprint density at radius 2 is 2.06 bits per heavy atom. The number of aliphatic hydroxyl groups excluding tert-OH is 1. The molecule has 0 radical (unpaired) electrons. The molecule has 8 nitrogen and oxygen atoms in total.